The first kappa shape index (κ1) is 18.9. The number of amides is 1. The van der Waals surface area contributed by atoms with Crippen LogP contribution in [0.5, 0.6) is 0 Å². The third kappa shape index (κ3) is 3.99. The van der Waals surface area contributed by atoms with Crippen molar-refractivity contribution >= 4 is 27.1 Å². The molecule has 2 aromatic heterocycles. The Morgan fingerprint density at radius 2 is 1.83 bits per heavy atom. The van der Waals surface area contributed by atoms with E-state index >= 15 is 0 Å². The molecule has 0 aliphatic heterocycles. The Labute approximate surface area is 171 Å². The van der Waals surface area contributed by atoms with Gasteiger partial charge >= 0.3 is 0 Å². The van der Waals surface area contributed by atoms with E-state index in [1.807, 2.05) is 6.07 Å². The summed E-state index contributed by atoms with van der Waals surface area (Å²) < 4.78 is 29.0. The number of pyridine rings is 1. The lowest BCUT2D eigenvalue weighted by Crippen LogP contribution is -2.48. The predicted octanol–water partition coefficient (Wildman–Crippen LogP) is 2.80. The minimum absolute atomic E-state index is 0.00262. The summed E-state index contributed by atoms with van der Waals surface area (Å²) in [6, 6.07) is 5.21. The molecule has 4 saturated carbocycles. The van der Waals surface area contributed by atoms with Crippen molar-refractivity contribution in [1.29, 1.82) is 0 Å². The van der Waals surface area contributed by atoms with Crippen LogP contribution in [0.4, 0.5) is 5.69 Å². The monoisotopic (exact) mass is 416 g/mol. The van der Waals surface area contributed by atoms with Crippen molar-refractivity contribution < 1.29 is 13.2 Å². The molecule has 0 spiro atoms. The van der Waals surface area contributed by atoms with Crippen LogP contribution >= 0.6 is 0 Å². The molecular weight excluding hydrogens is 388 g/mol. The molecule has 2 heterocycles. The lowest BCUT2D eigenvalue weighted by Gasteiger charge is -2.56. The molecule has 4 aliphatic carbocycles. The topological polar surface area (TPSA) is 92.6 Å². The molecule has 7 nitrogen and oxygen atoms in total. The van der Waals surface area contributed by atoms with Gasteiger partial charge in [0.1, 0.15) is 0 Å². The van der Waals surface area contributed by atoms with Crippen LogP contribution in [0.15, 0.2) is 30.6 Å². The van der Waals surface area contributed by atoms with Crippen LogP contribution in [0.1, 0.15) is 44.9 Å². The fraction of sp³-hybridized carbons (Fsp3) is 0.619. The zero-order valence-electron chi connectivity index (χ0n) is 16.5. The normalized spacial score (nSPS) is 30.6. The molecule has 4 bridgehead atoms. The lowest BCUT2D eigenvalue weighted by molar-refractivity contribution is -0.129. The van der Waals surface area contributed by atoms with Gasteiger partial charge in [0.05, 0.1) is 17.0 Å². The first-order chi connectivity index (χ1) is 13.9. The summed E-state index contributed by atoms with van der Waals surface area (Å²) in [5, 5.41) is 6.95. The summed E-state index contributed by atoms with van der Waals surface area (Å²) in [6.07, 6.45) is 11.5. The molecule has 0 atom stereocenters. The van der Waals surface area contributed by atoms with E-state index in [-0.39, 0.29) is 23.6 Å². The van der Waals surface area contributed by atoms with Gasteiger partial charge in [0.15, 0.2) is 0 Å². The van der Waals surface area contributed by atoms with Crippen LogP contribution < -0.4 is 10.0 Å². The van der Waals surface area contributed by atoms with Gasteiger partial charge in [0.2, 0.25) is 15.9 Å². The van der Waals surface area contributed by atoms with Gasteiger partial charge in [-0.05, 0) is 79.9 Å². The summed E-state index contributed by atoms with van der Waals surface area (Å²) in [5.41, 5.74) is 1.49. The van der Waals surface area contributed by atoms with E-state index in [1.165, 1.54) is 38.5 Å². The average molecular weight is 417 g/mol. The zero-order valence-corrected chi connectivity index (χ0v) is 17.3. The molecule has 0 unspecified atom stereocenters. The lowest BCUT2D eigenvalue weighted by atomic mass is 9.49. The number of nitrogens with one attached hydrogen (secondary N) is 2. The summed E-state index contributed by atoms with van der Waals surface area (Å²) in [4.78, 5) is 12.6. The Hall–Kier alpha value is -2.09. The minimum atomic E-state index is -3.53. The van der Waals surface area contributed by atoms with Crippen molar-refractivity contribution in [2.45, 2.75) is 44.9 Å². The predicted molar refractivity (Wildman–Crippen MR) is 111 cm³/mol. The molecule has 0 aromatic carbocycles. The Morgan fingerprint density at radius 1 is 1.14 bits per heavy atom. The summed E-state index contributed by atoms with van der Waals surface area (Å²) >= 11 is 0. The quantitative estimate of drug-likeness (QED) is 0.726. The third-order valence-electron chi connectivity index (χ3n) is 7.07. The number of aromatic nitrogens is 2. The number of anilines is 1. The zero-order chi connectivity index (χ0) is 20.1. The molecule has 4 fully saturated rings. The first-order valence-electron chi connectivity index (χ1n) is 10.6. The maximum absolute atomic E-state index is 12.6. The Morgan fingerprint density at radius 3 is 2.52 bits per heavy atom. The molecule has 2 N–H and O–H groups in total. The first-order valence-corrected chi connectivity index (χ1v) is 12.2. The van der Waals surface area contributed by atoms with Gasteiger partial charge in [0.25, 0.3) is 0 Å². The molecule has 6 rings (SSSR count). The summed E-state index contributed by atoms with van der Waals surface area (Å²) in [6.45, 7) is 0.134. The highest BCUT2D eigenvalue weighted by molar-refractivity contribution is 7.92. The fourth-order valence-electron chi connectivity index (χ4n) is 6.45. The van der Waals surface area contributed by atoms with E-state index in [9.17, 15) is 13.2 Å². The van der Waals surface area contributed by atoms with E-state index in [2.05, 4.69) is 15.1 Å². The number of hydrogen-bond acceptors (Lipinski definition) is 4. The SMILES string of the molecule is O=C(CC12CC3CC(CC(C3)C1)C2)NCCS(=O)(=O)Nc1ccn2nccc2c1. The maximum atomic E-state index is 12.6. The highest BCUT2D eigenvalue weighted by Crippen LogP contribution is 2.61. The van der Waals surface area contributed by atoms with Gasteiger partial charge in [0, 0.05) is 25.4 Å². The van der Waals surface area contributed by atoms with Crippen LogP contribution in [0.25, 0.3) is 5.52 Å². The summed E-state index contributed by atoms with van der Waals surface area (Å²) in [5.74, 6) is 2.30. The number of sulfonamides is 1. The largest absolute Gasteiger partial charge is 0.355 e. The molecule has 0 radical (unpaired) electrons. The highest BCUT2D eigenvalue weighted by Gasteiger charge is 2.51. The number of hydrogen-bond donors (Lipinski definition) is 2. The average Bonchev–Trinajstić information content (AvgIpc) is 3.07. The molecule has 156 valence electrons. The number of fused-ring (bicyclic) bond motifs is 1. The van der Waals surface area contributed by atoms with Gasteiger partial charge in [-0.2, -0.15) is 5.10 Å². The molecule has 1 amide bonds. The standard InChI is InChI=1S/C21H28N4O3S/c26-20(14-21-11-15-7-16(12-21)9-17(8-15)13-21)22-4-6-29(27,28)24-18-2-5-25-19(10-18)1-3-23-25/h1-3,5,10,15-17,24H,4,6-9,11-14H2,(H,22,26). The van der Waals surface area contributed by atoms with Crippen molar-refractivity contribution in [3.8, 4) is 0 Å². The fourth-order valence-corrected chi connectivity index (χ4v) is 7.41. The number of carbonyl (C=O) groups excluding carboxylic acids is 1. The van der Waals surface area contributed by atoms with Crippen LogP contribution in [-0.4, -0.2) is 36.2 Å². The summed E-state index contributed by atoms with van der Waals surface area (Å²) in [7, 11) is -3.53. The van der Waals surface area contributed by atoms with E-state index in [0.717, 1.165) is 23.3 Å². The number of nitrogens with zero attached hydrogens (tertiary/aromatic N) is 2. The minimum Gasteiger partial charge on any atom is -0.355 e. The Balaban J connectivity index is 1.13. The number of rotatable bonds is 7. The van der Waals surface area contributed by atoms with Crippen molar-refractivity contribution in [3.05, 3.63) is 30.6 Å². The van der Waals surface area contributed by atoms with E-state index in [4.69, 9.17) is 0 Å². The number of carbonyl (C=O) groups is 1. The van der Waals surface area contributed by atoms with E-state index in [1.54, 1.807) is 29.0 Å². The molecule has 4 aliphatic rings. The second-order valence-corrected chi connectivity index (χ2v) is 11.3. The Kier molecular flexibility index (Phi) is 4.57. The molecular formula is C21H28N4O3S. The molecule has 29 heavy (non-hydrogen) atoms. The smallest absolute Gasteiger partial charge is 0.234 e. The van der Waals surface area contributed by atoms with Crippen LogP contribution in [0.2, 0.25) is 0 Å². The molecule has 2 aromatic rings. The van der Waals surface area contributed by atoms with Crippen molar-refractivity contribution in [1.82, 2.24) is 14.9 Å². The Bertz CT molecular complexity index is 994. The second-order valence-electron chi connectivity index (χ2n) is 9.48. The van der Waals surface area contributed by atoms with Gasteiger partial charge in [-0.25, -0.2) is 12.9 Å². The van der Waals surface area contributed by atoms with Gasteiger partial charge in [-0.3, -0.25) is 9.52 Å². The van der Waals surface area contributed by atoms with Gasteiger partial charge in [-0.15, -0.1) is 0 Å². The van der Waals surface area contributed by atoms with Crippen molar-refractivity contribution in [2.75, 3.05) is 17.0 Å². The molecule has 8 heteroatoms. The van der Waals surface area contributed by atoms with E-state index < -0.39 is 10.0 Å². The maximum Gasteiger partial charge on any atom is 0.234 e. The van der Waals surface area contributed by atoms with Gasteiger partial charge in [-0.1, -0.05) is 0 Å². The van der Waals surface area contributed by atoms with E-state index in [0.29, 0.717) is 12.1 Å². The third-order valence-corrected chi connectivity index (χ3v) is 8.35. The van der Waals surface area contributed by atoms with Crippen molar-refractivity contribution in [2.24, 2.45) is 23.2 Å². The highest BCUT2D eigenvalue weighted by atomic mass is 32.2. The molecule has 0 saturated heterocycles. The van der Waals surface area contributed by atoms with Crippen LogP contribution in [0.3, 0.4) is 0 Å². The van der Waals surface area contributed by atoms with Gasteiger partial charge < -0.3 is 5.32 Å². The van der Waals surface area contributed by atoms with Crippen LogP contribution in [0, 0.1) is 23.2 Å². The van der Waals surface area contributed by atoms with Crippen molar-refractivity contribution in [3.63, 3.8) is 0 Å². The second kappa shape index (κ2) is 7.00. The van der Waals surface area contributed by atoms with Crippen LogP contribution in [-0.2, 0) is 14.8 Å².